The Morgan fingerprint density at radius 2 is 1.70 bits per heavy atom. The molecule has 0 saturated carbocycles. The number of hydrogen-bond donors (Lipinski definition) is 5. The molecule has 3 atom stereocenters. The molecule has 242 valence electrons. The molecule has 5 N–H and O–H groups in total. The van der Waals surface area contributed by atoms with Crippen LogP contribution in [0.15, 0.2) is 64.7 Å². The molecule has 0 aliphatic carbocycles. The molecule has 1 aromatic heterocycles. The summed E-state index contributed by atoms with van der Waals surface area (Å²) in [6.45, 7) is 10.5. The summed E-state index contributed by atoms with van der Waals surface area (Å²) < 4.78 is 4.92. The Morgan fingerprint density at radius 3 is 2.28 bits per heavy atom. The molecule has 0 bridgehead atoms. The van der Waals surface area contributed by atoms with E-state index in [1.54, 1.807) is 31.2 Å². The highest BCUT2D eigenvalue weighted by Gasteiger charge is 2.31. The second-order valence-corrected chi connectivity index (χ2v) is 12.1. The van der Waals surface area contributed by atoms with Crippen LogP contribution in [0.2, 0.25) is 0 Å². The maximum atomic E-state index is 13.5. The van der Waals surface area contributed by atoms with Gasteiger partial charge in [0.15, 0.2) is 5.69 Å². The number of nitrogens with one attached hydrogen (secondary N) is 4. The lowest BCUT2D eigenvalue weighted by atomic mass is 10.0. The van der Waals surface area contributed by atoms with Crippen molar-refractivity contribution in [2.45, 2.75) is 78.2 Å². The van der Waals surface area contributed by atoms with Gasteiger partial charge in [0.05, 0.1) is 6.10 Å². The van der Waals surface area contributed by atoms with E-state index in [-0.39, 0.29) is 24.2 Å². The standard InChI is InChI=1S/C34H40N6O6/c1-20-10-12-23(13-11-20)19-36-31(43)27(37-33(45)29(22(3)41)38-32(44)28-14-21(2)46-40-28)17-25-9-7-8-24(15-25)16-26(18-35)30(42)39-34(4,5)6/h7-16,22,27,29,41H,17,19H2,1-6H3,(H,36,43)(H,37,45)(H,38,44)(H,39,42). The molecule has 12 heteroatoms. The Hall–Kier alpha value is -5.28. The van der Waals surface area contributed by atoms with Crippen LogP contribution in [0.5, 0.6) is 0 Å². The Balaban J connectivity index is 1.85. The number of nitriles is 1. The van der Waals surface area contributed by atoms with Crippen LogP contribution in [0, 0.1) is 25.2 Å². The SMILES string of the molecule is Cc1ccc(CNC(=O)C(Cc2cccc(C=C(C#N)C(=O)NC(C)(C)C)c2)NC(=O)C(NC(=O)c2cc(C)on2)C(C)O)cc1. The second kappa shape index (κ2) is 15.6. The van der Waals surface area contributed by atoms with Crippen LogP contribution >= 0.6 is 0 Å². The molecule has 46 heavy (non-hydrogen) atoms. The summed E-state index contributed by atoms with van der Waals surface area (Å²) >= 11 is 0. The number of nitrogens with zero attached hydrogens (tertiary/aromatic N) is 2. The van der Waals surface area contributed by atoms with E-state index in [1.807, 2.05) is 58.0 Å². The highest BCUT2D eigenvalue weighted by atomic mass is 16.5. The molecule has 3 rings (SSSR count). The van der Waals surface area contributed by atoms with Crippen molar-refractivity contribution in [1.82, 2.24) is 26.4 Å². The molecule has 3 aromatic rings. The average molecular weight is 629 g/mol. The summed E-state index contributed by atoms with van der Waals surface area (Å²) in [5.74, 6) is -2.16. The predicted octanol–water partition coefficient (Wildman–Crippen LogP) is 2.64. The normalized spacial score (nSPS) is 13.5. The summed E-state index contributed by atoms with van der Waals surface area (Å²) in [7, 11) is 0. The largest absolute Gasteiger partial charge is 0.391 e. The summed E-state index contributed by atoms with van der Waals surface area (Å²) in [6, 6.07) is 15.2. The number of amides is 4. The molecule has 3 unspecified atom stereocenters. The molecule has 4 amide bonds. The van der Waals surface area contributed by atoms with E-state index in [2.05, 4.69) is 26.4 Å². The van der Waals surface area contributed by atoms with Crippen LogP contribution in [0.25, 0.3) is 6.08 Å². The van der Waals surface area contributed by atoms with E-state index in [0.29, 0.717) is 16.9 Å². The zero-order valence-electron chi connectivity index (χ0n) is 26.8. The first-order chi connectivity index (χ1) is 21.6. The Bertz CT molecular complexity index is 1630. The highest BCUT2D eigenvalue weighted by Crippen LogP contribution is 2.14. The third kappa shape index (κ3) is 10.7. The van der Waals surface area contributed by atoms with E-state index < -0.39 is 47.4 Å². The Kier molecular flexibility index (Phi) is 12.0. The van der Waals surface area contributed by atoms with E-state index >= 15 is 0 Å². The van der Waals surface area contributed by atoms with Crippen molar-refractivity contribution in [2.24, 2.45) is 0 Å². The number of aryl methyl sites for hydroxylation is 2. The first-order valence-electron chi connectivity index (χ1n) is 14.7. The molecule has 2 aromatic carbocycles. The van der Waals surface area contributed by atoms with Gasteiger partial charge in [-0.25, -0.2) is 0 Å². The molecule has 0 radical (unpaired) electrons. The molecule has 0 spiro atoms. The maximum Gasteiger partial charge on any atom is 0.274 e. The number of hydrogen-bond acceptors (Lipinski definition) is 8. The summed E-state index contributed by atoms with van der Waals surface area (Å²) in [5.41, 5.74) is 2.38. The predicted molar refractivity (Wildman–Crippen MR) is 171 cm³/mol. The van der Waals surface area contributed by atoms with Crippen molar-refractivity contribution in [3.63, 3.8) is 0 Å². The van der Waals surface area contributed by atoms with Crippen molar-refractivity contribution >= 4 is 29.7 Å². The van der Waals surface area contributed by atoms with Crippen LogP contribution in [-0.4, -0.2) is 57.6 Å². The molecule has 12 nitrogen and oxygen atoms in total. The fraction of sp³-hybridized carbons (Fsp3) is 0.353. The lowest BCUT2D eigenvalue weighted by molar-refractivity contribution is -0.131. The van der Waals surface area contributed by atoms with Gasteiger partial charge in [-0.2, -0.15) is 5.26 Å². The summed E-state index contributed by atoms with van der Waals surface area (Å²) in [6.07, 6.45) is 0.150. The van der Waals surface area contributed by atoms with Gasteiger partial charge in [-0.1, -0.05) is 59.3 Å². The van der Waals surface area contributed by atoms with Crippen LogP contribution < -0.4 is 21.3 Å². The van der Waals surface area contributed by atoms with Crippen molar-refractivity contribution in [3.05, 3.63) is 93.9 Å². The molecule has 0 aliphatic heterocycles. The van der Waals surface area contributed by atoms with E-state index in [0.717, 1.165) is 11.1 Å². The van der Waals surface area contributed by atoms with Gasteiger partial charge < -0.3 is 30.9 Å². The van der Waals surface area contributed by atoms with Crippen molar-refractivity contribution < 1.29 is 28.8 Å². The van der Waals surface area contributed by atoms with Gasteiger partial charge in [0.2, 0.25) is 11.8 Å². The highest BCUT2D eigenvalue weighted by molar-refractivity contribution is 6.02. The van der Waals surface area contributed by atoms with Gasteiger partial charge in [0.25, 0.3) is 11.8 Å². The maximum absolute atomic E-state index is 13.5. The van der Waals surface area contributed by atoms with E-state index in [1.165, 1.54) is 19.1 Å². The van der Waals surface area contributed by atoms with Crippen LogP contribution in [0.1, 0.15) is 66.2 Å². The quantitative estimate of drug-likeness (QED) is 0.150. The first-order valence-corrected chi connectivity index (χ1v) is 14.7. The number of rotatable bonds is 12. The molecule has 0 saturated heterocycles. The van der Waals surface area contributed by atoms with Gasteiger partial charge in [-0.3, -0.25) is 19.2 Å². The zero-order valence-corrected chi connectivity index (χ0v) is 26.8. The summed E-state index contributed by atoms with van der Waals surface area (Å²) in [5, 5.41) is 34.3. The van der Waals surface area contributed by atoms with E-state index in [4.69, 9.17) is 4.52 Å². The fourth-order valence-electron chi connectivity index (χ4n) is 4.35. The van der Waals surface area contributed by atoms with Crippen LogP contribution in [0.3, 0.4) is 0 Å². The Labute approximate surface area is 268 Å². The third-order valence-electron chi connectivity index (χ3n) is 6.69. The monoisotopic (exact) mass is 628 g/mol. The van der Waals surface area contributed by atoms with Crippen molar-refractivity contribution in [1.29, 1.82) is 5.26 Å². The fourth-order valence-corrected chi connectivity index (χ4v) is 4.35. The average Bonchev–Trinajstić information content (AvgIpc) is 3.43. The Morgan fingerprint density at radius 1 is 1.00 bits per heavy atom. The van der Waals surface area contributed by atoms with Gasteiger partial charge in [-0.15, -0.1) is 0 Å². The minimum Gasteiger partial charge on any atom is -0.391 e. The first kappa shape index (κ1) is 35.2. The number of aliphatic hydroxyl groups excluding tert-OH is 1. The number of aromatic nitrogens is 1. The van der Waals surface area contributed by atoms with Gasteiger partial charge >= 0.3 is 0 Å². The topological polar surface area (TPSA) is 186 Å². The molecule has 1 heterocycles. The molecular formula is C34H40N6O6. The van der Waals surface area contributed by atoms with Crippen molar-refractivity contribution in [3.8, 4) is 6.07 Å². The van der Waals surface area contributed by atoms with Gasteiger partial charge in [0.1, 0.15) is 29.5 Å². The second-order valence-electron chi connectivity index (χ2n) is 12.1. The van der Waals surface area contributed by atoms with Crippen molar-refractivity contribution in [2.75, 3.05) is 0 Å². The number of carbonyl (C=O) groups is 4. The number of benzene rings is 2. The smallest absolute Gasteiger partial charge is 0.274 e. The third-order valence-corrected chi connectivity index (χ3v) is 6.69. The number of carbonyl (C=O) groups excluding carboxylic acids is 4. The lowest BCUT2D eigenvalue weighted by Crippen LogP contribution is -2.57. The minimum atomic E-state index is -1.41. The molecule has 0 aliphatic rings. The number of aliphatic hydroxyl groups is 1. The zero-order chi connectivity index (χ0) is 34.0. The van der Waals surface area contributed by atoms with Gasteiger partial charge in [-0.05, 0) is 64.3 Å². The van der Waals surface area contributed by atoms with Crippen LogP contribution in [0.4, 0.5) is 0 Å². The van der Waals surface area contributed by atoms with E-state index in [9.17, 15) is 29.5 Å². The summed E-state index contributed by atoms with van der Waals surface area (Å²) in [4.78, 5) is 52.2. The molecular weight excluding hydrogens is 588 g/mol. The minimum absolute atomic E-state index is 0.0200. The molecule has 0 fully saturated rings. The van der Waals surface area contributed by atoms with Gasteiger partial charge in [0, 0.05) is 24.6 Å². The van der Waals surface area contributed by atoms with Crippen LogP contribution in [-0.2, 0) is 27.3 Å². The lowest BCUT2D eigenvalue weighted by Gasteiger charge is -2.24.